The second-order valence-corrected chi connectivity index (χ2v) is 5.46. The summed E-state index contributed by atoms with van der Waals surface area (Å²) in [4.78, 5) is 7.24. The van der Waals surface area contributed by atoms with Crippen LogP contribution in [-0.2, 0) is 7.05 Å². The quantitative estimate of drug-likeness (QED) is 0.921. The number of hydrogen-bond donors (Lipinski definition) is 1. The molecule has 5 heteroatoms. The van der Waals surface area contributed by atoms with Crippen molar-refractivity contribution in [3.05, 3.63) is 16.1 Å². The normalized spacial score (nSPS) is 18.8. The van der Waals surface area contributed by atoms with E-state index in [1.165, 1.54) is 31.6 Å². The maximum absolute atomic E-state index is 4.71. The van der Waals surface area contributed by atoms with Crippen molar-refractivity contribution < 1.29 is 0 Å². The van der Waals surface area contributed by atoms with Crippen LogP contribution in [0.2, 0.25) is 0 Å². The van der Waals surface area contributed by atoms with Gasteiger partial charge in [-0.1, -0.05) is 0 Å². The summed E-state index contributed by atoms with van der Waals surface area (Å²) in [5.41, 5.74) is 1.17. The summed E-state index contributed by atoms with van der Waals surface area (Å²) >= 11 is 3.66. The Morgan fingerprint density at radius 3 is 2.53 bits per heavy atom. The maximum atomic E-state index is 4.71. The molecule has 0 amide bonds. The van der Waals surface area contributed by atoms with Gasteiger partial charge < -0.3 is 9.88 Å². The molecule has 1 unspecified atom stereocenters. The summed E-state index contributed by atoms with van der Waals surface area (Å²) in [5, 5.41) is 3.29. The van der Waals surface area contributed by atoms with Crippen LogP contribution in [0.3, 0.4) is 0 Å². The molecule has 1 aliphatic heterocycles. The number of rotatable bonds is 4. The Kier molecular flexibility index (Phi) is 4.22. The highest BCUT2D eigenvalue weighted by Gasteiger charge is 2.27. The first-order valence-corrected chi connectivity index (χ1v) is 7.01. The Labute approximate surface area is 112 Å². The van der Waals surface area contributed by atoms with E-state index in [2.05, 4.69) is 44.7 Å². The molecule has 0 bridgehead atoms. The van der Waals surface area contributed by atoms with Gasteiger partial charge in [-0.25, -0.2) is 4.98 Å². The highest BCUT2D eigenvalue weighted by atomic mass is 79.9. The first-order chi connectivity index (χ1) is 8.15. The SMILES string of the molecule is CNCC(c1nc(C)n(C)c1Br)N1CCCC1. The lowest BCUT2D eigenvalue weighted by Gasteiger charge is -2.26. The fraction of sp³-hybridized carbons (Fsp3) is 0.750. The minimum atomic E-state index is 0.386. The molecule has 0 aliphatic carbocycles. The van der Waals surface area contributed by atoms with E-state index >= 15 is 0 Å². The number of likely N-dealkylation sites (N-methyl/N-ethyl adjacent to an activating group) is 1. The van der Waals surface area contributed by atoms with Gasteiger partial charge in [0.25, 0.3) is 0 Å². The maximum Gasteiger partial charge on any atom is 0.109 e. The number of nitrogens with zero attached hydrogens (tertiary/aromatic N) is 3. The third kappa shape index (κ3) is 2.56. The van der Waals surface area contributed by atoms with Crippen LogP contribution >= 0.6 is 15.9 Å². The predicted molar refractivity (Wildman–Crippen MR) is 73.1 cm³/mol. The first kappa shape index (κ1) is 13.1. The van der Waals surface area contributed by atoms with Gasteiger partial charge in [-0.3, -0.25) is 4.90 Å². The third-order valence-electron chi connectivity index (χ3n) is 3.57. The van der Waals surface area contributed by atoms with Gasteiger partial charge in [0, 0.05) is 13.6 Å². The second-order valence-electron chi connectivity index (χ2n) is 4.71. The summed E-state index contributed by atoms with van der Waals surface area (Å²) < 4.78 is 3.22. The van der Waals surface area contributed by atoms with Crippen molar-refractivity contribution in [3.8, 4) is 0 Å². The first-order valence-electron chi connectivity index (χ1n) is 6.22. The summed E-state index contributed by atoms with van der Waals surface area (Å²) in [6.07, 6.45) is 2.62. The average molecular weight is 301 g/mol. The van der Waals surface area contributed by atoms with Crippen molar-refractivity contribution in [2.75, 3.05) is 26.7 Å². The number of halogens is 1. The summed E-state index contributed by atoms with van der Waals surface area (Å²) in [6, 6.07) is 0.386. The summed E-state index contributed by atoms with van der Waals surface area (Å²) in [5.74, 6) is 1.06. The molecule has 2 heterocycles. The van der Waals surface area contributed by atoms with E-state index in [1.54, 1.807) is 0 Å². The van der Waals surface area contributed by atoms with E-state index in [-0.39, 0.29) is 0 Å². The molecule has 1 aliphatic rings. The van der Waals surface area contributed by atoms with Gasteiger partial charge in [0.1, 0.15) is 10.4 Å². The lowest BCUT2D eigenvalue weighted by Crippen LogP contribution is -2.33. The number of aryl methyl sites for hydroxylation is 1. The van der Waals surface area contributed by atoms with Crippen molar-refractivity contribution in [2.24, 2.45) is 7.05 Å². The molecule has 1 atom stereocenters. The summed E-state index contributed by atoms with van der Waals surface area (Å²) in [7, 11) is 4.06. The fourth-order valence-electron chi connectivity index (χ4n) is 2.47. The minimum Gasteiger partial charge on any atom is -0.326 e. The predicted octanol–water partition coefficient (Wildman–Crippen LogP) is 1.85. The Morgan fingerprint density at radius 1 is 1.41 bits per heavy atom. The van der Waals surface area contributed by atoms with Crippen LogP contribution in [0.4, 0.5) is 0 Å². The highest BCUT2D eigenvalue weighted by Crippen LogP contribution is 2.29. The van der Waals surface area contributed by atoms with Crippen molar-refractivity contribution in [2.45, 2.75) is 25.8 Å². The van der Waals surface area contributed by atoms with Crippen molar-refractivity contribution >= 4 is 15.9 Å². The zero-order chi connectivity index (χ0) is 12.4. The van der Waals surface area contributed by atoms with Crippen LogP contribution in [0.25, 0.3) is 0 Å². The van der Waals surface area contributed by atoms with Gasteiger partial charge in [0.05, 0.1) is 11.7 Å². The molecule has 96 valence electrons. The lowest BCUT2D eigenvalue weighted by atomic mass is 10.2. The molecule has 1 N–H and O–H groups in total. The van der Waals surface area contributed by atoms with Gasteiger partial charge in [0.15, 0.2) is 0 Å². The van der Waals surface area contributed by atoms with E-state index < -0.39 is 0 Å². The monoisotopic (exact) mass is 300 g/mol. The summed E-state index contributed by atoms with van der Waals surface area (Å²) in [6.45, 7) is 5.38. The lowest BCUT2D eigenvalue weighted by molar-refractivity contribution is 0.237. The van der Waals surface area contributed by atoms with Gasteiger partial charge in [0.2, 0.25) is 0 Å². The smallest absolute Gasteiger partial charge is 0.109 e. The molecule has 17 heavy (non-hydrogen) atoms. The van der Waals surface area contributed by atoms with E-state index in [0.717, 1.165) is 17.0 Å². The van der Waals surface area contributed by atoms with E-state index in [9.17, 15) is 0 Å². The van der Waals surface area contributed by atoms with Crippen molar-refractivity contribution in [1.29, 1.82) is 0 Å². The van der Waals surface area contributed by atoms with Crippen molar-refractivity contribution in [3.63, 3.8) is 0 Å². The topological polar surface area (TPSA) is 33.1 Å². The molecule has 0 spiro atoms. The zero-order valence-corrected chi connectivity index (χ0v) is 12.4. The number of hydrogen-bond acceptors (Lipinski definition) is 3. The number of imidazole rings is 1. The molecule has 1 saturated heterocycles. The zero-order valence-electron chi connectivity index (χ0n) is 10.8. The van der Waals surface area contributed by atoms with Crippen LogP contribution in [0, 0.1) is 6.92 Å². The molecule has 4 nitrogen and oxygen atoms in total. The Bertz CT molecular complexity index is 382. The van der Waals surface area contributed by atoms with Gasteiger partial charge in [-0.2, -0.15) is 0 Å². The van der Waals surface area contributed by atoms with Crippen LogP contribution in [0.15, 0.2) is 4.60 Å². The average Bonchev–Trinajstić information content (AvgIpc) is 2.91. The highest BCUT2D eigenvalue weighted by molar-refractivity contribution is 9.10. The Balaban J connectivity index is 2.27. The van der Waals surface area contributed by atoms with Crippen LogP contribution in [0.1, 0.15) is 30.4 Å². The van der Waals surface area contributed by atoms with Crippen molar-refractivity contribution in [1.82, 2.24) is 19.8 Å². The number of aromatic nitrogens is 2. The molecule has 0 saturated carbocycles. The minimum absolute atomic E-state index is 0.386. The van der Waals surface area contributed by atoms with Crippen LogP contribution in [-0.4, -0.2) is 41.1 Å². The molecule has 1 aromatic heterocycles. The van der Waals surface area contributed by atoms with Crippen LogP contribution < -0.4 is 5.32 Å². The van der Waals surface area contributed by atoms with Crippen LogP contribution in [0.5, 0.6) is 0 Å². The Morgan fingerprint density at radius 2 is 2.06 bits per heavy atom. The molecular formula is C12H21BrN4. The van der Waals surface area contributed by atoms with Gasteiger partial charge >= 0.3 is 0 Å². The second kappa shape index (κ2) is 5.50. The fourth-order valence-corrected chi connectivity index (χ4v) is 3.08. The van der Waals surface area contributed by atoms with Gasteiger partial charge in [-0.15, -0.1) is 0 Å². The largest absolute Gasteiger partial charge is 0.326 e. The Hall–Kier alpha value is -0.390. The third-order valence-corrected chi connectivity index (χ3v) is 4.51. The molecule has 1 fully saturated rings. The standard InChI is InChI=1S/C12H21BrN4/c1-9-15-11(12(13)16(9)3)10(8-14-2)17-6-4-5-7-17/h10,14H,4-8H2,1-3H3. The molecule has 1 aromatic rings. The molecular weight excluding hydrogens is 280 g/mol. The number of likely N-dealkylation sites (tertiary alicyclic amines) is 1. The number of nitrogens with one attached hydrogen (secondary N) is 1. The molecule has 0 radical (unpaired) electrons. The van der Waals surface area contributed by atoms with Gasteiger partial charge in [-0.05, 0) is 55.8 Å². The van der Waals surface area contributed by atoms with E-state index in [0.29, 0.717) is 6.04 Å². The molecule has 2 rings (SSSR count). The molecule has 0 aromatic carbocycles. The van der Waals surface area contributed by atoms with E-state index in [1.807, 2.05) is 7.05 Å². The van der Waals surface area contributed by atoms with E-state index in [4.69, 9.17) is 4.98 Å².